The molecule has 0 rings (SSSR count). The Morgan fingerprint density at radius 1 is 0.244 bits per heavy atom. The number of phosphoric acid groups is 2. The molecular formula is C101H170O16P2. The first-order chi connectivity index (χ1) is 58.2. The average molecular weight is 1700 g/mol. The fourth-order valence-electron chi connectivity index (χ4n) is 12.5. The smallest absolute Gasteiger partial charge is 0.463 e. The van der Waals surface area contributed by atoms with Crippen molar-refractivity contribution in [2.24, 2.45) is 0 Å². The summed E-state index contributed by atoms with van der Waals surface area (Å²) in [4.78, 5) is 59.0. The molecule has 0 aromatic carbocycles. The van der Waals surface area contributed by atoms with Gasteiger partial charge in [0.05, 0.1) is 26.4 Å². The quantitative estimate of drug-likeness (QED) is 0.0146. The first-order valence-corrected chi connectivity index (χ1v) is 50.1. The molecule has 0 fully saturated rings. The molecule has 0 bridgehead atoms. The topological polar surface area (TPSA) is 231 Å². The molecule has 0 saturated heterocycles. The van der Waals surface area contributed by atoms with E-state index in [4.69, 9.17) is 32.3 Å². The van der Waals surface area contributed by atoms with E-state index in [1.807, 2.05) is 0 Å². The normalized spacial score (nSPS) is 14.6. The van der Waals surface area contributed by atoms with Crippen LogP contribution in [0, 0.1) is 0 Å². The Kier molecular flexibility index (Phi) is 87.7. The summed E-state index contributed by atoms with van der Waals surface area (Å²) in [5.74, 6) is -1.62. The van der Waals surface area contributed by atoms with Crippen LogP contribution in [0.3, 0.4) is 0 Å². The zero-order chi connectivity index (χ0) is 86.5. The lowest BCUT2D eigenvalue weighted by Crippen LogP contribution is -2.30. The Hall–Kier alpha value is -5.35. The van der Waals surface area contributed by atoms with Crippen molar-refractivity contribution in [1.29, 1.82) is 0 Å². The molecule has 16 nitrogen and oxygen atoms in total. The summed E-state index contributed by atoms with van der Waals surface area (Å²) in [5.41, 5.74) is 0. The number of hydrogen-bond acceptors (Lipinski definition) is 14. The number of phosphoric ester groups is 2. The molecule has 0 aromatic heterocycles. The van der Waals surface area contributed by atoms with Gasteiger partial charge in [-0.05, 0) is 161 Å². The number of unbranched alkanes of at least 4 members (excludes halogenated alkanes) is 35. The third-order valence-corrected chi connectivity index (χ3v) is 21.5. The van der Waals surface area contributed by atoms with Crippen LogP contribution >= 0.6 is 15.6 Å². The lowest BCUT2D eigenvalue weighted by Gasteiger charge is -2.21. The van der Waals surface area contributed by atoms with Gasteiger partial charge in [-0.3, -0.25) is 32.5 Å². The van der Waals surface area contributed by atoms with Gasteiger partial charge < -0.3 is 34.2 Å². The third kappa shape index (κ3) is 93.2. The second kappa shape index (κ2) is 91.8. The van der Waals surface area contributed by atoms with Gasteiger partial charge in [0.15, 0.2) is 6.10 Å². The number of carbonyl (C=O) groups excluding carboxylic acids is 3. The number of carbonyl (C=O) groups is 3. The second-order valence-corrected chi connectivity index (χ2v) is 34.0. The maximum absolute atomic E-state index is 13.1. The van der Waals surface area contributed by atoms with E-state index in [9.17, 15) is 43.5 Å². The number of esters is 3. The van der Waals surface area contributed by atoms with Gasteiger partial charge in [-0.1, -0.05) is 383 Å². The molecule has 5 atom stereocenters. The first kappa shape index (κ1) is 114. The minimum Gasteiger partial charge on any atom is -0.463 e. The molecule has 680 valence electrons. The van der Waals surface area contributed by atoms with Crippen molar-refractivity contribution in [2.75, 3.05) is 39.6 Å². The zero-order valence-corrected chi connectivity index (χ0v) is 76.8. The van der Waals surface area contributed by atoms with Crippen LogP contribution in [0.2, 0.25) is 0 Å². The minimum atomic E-state index is -4.96. The molecule has 0 aliphatic carbocycles. The van der Waals surface area contributed by atoms with Gasteiger partial charge in [0.2, 0.25) is 0 Å². The molecule has 18 heteroatoms. The van der Waals surface area contributed by atoms with E-state index in [1.54, 1.807) is 0 Å². The van der Waals surface area contributed by atoms with Crippen molar-refractivity contribution in [1.82, 2.24) is 0 Å². The third-order valence-electron chi connectivity index (χ3n) is 19.6. The minimum absolute atomic E-state index is 0.0451. The van der Waals surface area contributed by atoms with E-state index in [2.05, 4.69) is 203 Å². The average Bonchev–Trinajstić information content (AvgIpc) is 0.903. The van der Waals surface area contributed by atoms with Crippen molar-refractivity contribution in [3.63, 3.8) is 0 Å². The van der Waals surface area contributed by atoms with Gasteiger partial charge in [-0.2, -0.15) is 0 Å². The van der Waals surface area contributed by atoms with E-state index in [1.165, 1.54) is 173 Å². The van der Waals surface area contributed by atoms with Crippen LogP contribution in [0.15, 0.2) is 182 Å². The first-order valence-electron chi connectivity index (χ1n) is 47.1. The van der Waals surface area contributed by atoms with Crippen molar-refractivity contribution < 1.29 is 75.8 Å². The van der Waals surface area contributed by atoms with Gasteiger partial charge in [-0.25, -0.2) is 9.13 Å². The van der Waals surface area contributed by atoms with Crippen LogP contribution in [-0.4, -0.2) is 95.9 Å². The highest BCUT2D eigenvalue weighted by molar-refractivity contribution is 7.47. The summed E-state index contributed by atoms with van der Waals surface area (Å²) in [5, 5.41) is 20.7. The highest BCUT2D eigenvalue weighted by Crippen LogP contribution is 2.45. The Morgan fingerprint density at radius 2 is 0.445 bits per heavy atom. The van der Waals surface area contributed by atoms with E-state index >= 15 is 0 Å². The molecule has 0 amide bonds. The molecule has 0 aliphatic rings. The number of ether oxygens (including phenoxy) is 3. The fourth-order valence-corrected chi connectivity index (χ4v) is 14.1. The Morgan fingerprint density at radius 3 is 0.723 bits per heavy atom. The number of aliphatic hydroxyl groups excluding tert-OH is 2. The molecule has 0 aromatic rings. The maximum Gasteiger partial charge on any atom is 0.472 e. The Labute approximate surface area is 725 Å². The summed E-state index contributed by atoms with van der Waals surface area (Å²) in [6.45, 7) is 2.41. The van der Waals surface area contributed by atoms with E-state index in [-0.39, 0.29) is 19.3 Å². The Bertz CT molecular complexity index is 2890. The zero-order valence-electron chi connectivity index (χ0n) is 75.0. The number of aliphatic hydroxyl groups is 2. The predicted octanol–water partition coefficient (Wildman–Crippen LogP) is 29.2. The van der Waals surface area contributed by atoms with Gasteiger partial charge >= 0.3 is 33.6 Å². The molecular weight excluding hydrogens is 1530 g/mol. The van der Waals surface area contributed by atoms with Gasteiger partial charge in [0, 0.05) is 19.3 Å². The molecule has 4 N–H and O–H groups in total. The van der Waals surface area contributed by atoms with Crippen LogP contribution in [0.4, 0.5) is 0 Å². The van der Waals surface area contributed by atoms with E-state index in [0.717, 1.165) is 141 Å². The molecule has 0 saturated carbocycles. The number of rotatable bonds is 88. The largest absolute Gasteiger partial charge is 0.472 e. The predicted molar refractivity (Wildman–Crippen MR) is 500 cm³/mol. The highest BCUT2D eigenvalue weighted by atomic mass is 31.2. The van der Waals surface area contributed by atoms with Gasteiger partial charge in [-0.15, -0.1) is 0 Å². The molecule has 5 unspecified atom stereocenters. The standard InChI is InChI=1S/C101H170O16P2/c1-4-7-10-13-16-19-22-25-28-31-34-37-39-41-43-45-47-49-51-53-55-58-60-63-66-69-72-75-78-81-84-87-99(104)111-90-96(102)91-113-118(107,108)114-92-97(103)93-115-119(109,110)116-95-98(117-101(106)89-86-83-80-77-74-71-68-65-62-57-36-33-30-27-24-21-18-15-12-9-6-3)94-112-100(105)88-85-82-79-76-73-70-67-64-61-59-56-54-52-50-48-46-44-42-40-38-35-32-29-26-23-20-17-14-11-8-5-2/h7,9-10,12,16-21,25-30,34-38,41-44,57,65,68,74,77,96-98,102-103H,4-6,8,11,13-15,22-24,31-33,39-40,45-56,58-64,66-67,69-73,75-76,78-95H2,1-3H3,(H,107,108)(H,109,110)/b10-7-,12-9-,19-16-,20-17-,21-18-,28-25-,29-26-,30-27-,37-34-,38-35-,43-41-,44-42-,57-36-,68-65-,77-74-. The SMILES string of the molecule is CC/C=C\C/C=C\C/C=C\C/C=C\C/C=C\C/C=C\CCCCC(=O)OC(COC(=O)CCCCCCCCCCCCCCCCC/C=C\C/C=C\C/C=C\C/C=C\CCCCC)COP(=O)(O)OCC(O)COP(=O)(O)OCC(O)COC(=O)CCCCCCCCCCCCCCCCC/C=C\C/C=C\C/C=C\C/C=C\C/C=C\CC. The summed E-state index contributed by atoms with van der Waals surface area (Å²) < 4.78 is 61.5. The number of hydrogen-bond donors (Lipinski definition) is 4. The van der Waals surface area contributed by atoms with E-state index < -0.39 is 91.5 Å². The number of allylic oxidation sites excluding steroid dienone is 30. The summed E-state index contributed by atoms with van der Waals surface area (Å²) in [6.07, 6.45) is 121. The Balaban J connectivity index is 4.61. The van der Waals surface area contributed by atoms with Crippen LogP contribution in [0.5, 0.6) is 0 Å². The fraction of sp³-hybridized carbons (Fsp3) is 0.673. The maximum atomic E-state index is 13.1. The van der Waals surface area contributed by atoms with Crippen LogP contribution in [0.1, 0.15) is 380 Å². The van der Waals surface area contributed by atoms with Crippen molar-refractivity contribution in [3.8, 4) is 0 Å². The van der Waals surface area contributed by atoms with E-state index in [0.29, 0.717) is 25.7 Å². The van der Waals surface area contributed by atoms with Gasteiger partial charge in [0.25, 0.3) is 0 Å². The molecule has 0 spiro atoms. The van der Waals surface area contributed by atoms with Crippen molar-refractivity contribution in [2.45, 2.75) is 399 Å². The van der Waals surface area contributed by atoms with Crippen LogP contribution < -0.4 is 0 Å². The molecule has 0 radical (unpaired) electrons. The summed E-state index contributed by atoms with van der Waals surface area (Å²) in [7, 11) is -9.83. The molecule has 0 aliphatic heterocycles. The molecule has 119 heavy (non-hydrogen) atoms. The summed E-state index contributed by atoms with van der Waals surface area (Å²) in [6, 6.07) is 0. The lowest BCUT2D eigenvalue weighted by molar-refractivity contribution is -0.161. The summed E-state index contributed by atoms with van der Waals surface area (Å²) >= 11 is 0. The lowest BCUT2D eigenvalue weighted by atomic mass is 10.0. The van der Waals surface area contributed by atoms with Crippen molar-refractivity contribution >= 4 is 33.6 Å². The molecule has 0 heterocycles. The van der Waals surface area contributed by atoms with Gasteiger partial charge in [0.1, 0.15) is 25.4 Å². The van der Waals surface area contributed by atoms with Crippen LogP contribution in [-0.2, 0) is 55.8 Å². The van der Waals surface area contributed by atoms with Crippen LogP contribution in [0.25, 0.3) is 0 Å². The van der Waals surface area contributed by atoms with Crippen molar-refractivity contribution in [3.05, 3.63) is 182 Å². The monoisotopic (exact) mass is 1700 g/mol. The highest BCUT2D eigenvalue weighted by Gasteiger charge is 2.29. The second-order valence-electron chi connectivity index (χ2n) is 31.0.